The van der Waals surface area contributed by atoms with Crippen molar-refractivity contribution in [3.8, 4) is 0 Å². The third-order valence-electron chi connectivity index (χ3n) is 7.91. The molecule has 1 unspecified atom stereocenters. The van der Waals surface area contributed by atoms with Crippen molar-refractivity contribution in [2.75, 3.05) is 50.7 Å². The number of benzene rings is 1. The SMILES string of the molecule is CCN1CCC(C(=O)N2CCN(c3cc(F)cc4c3CN(C3CCC(=O)NC3=O)C4=O)CC2)CC1. The van der Waals surface area contributed by atoms with Gasteiger partial charge >= 0.3 is 0 Å². The minimum Gasteiger partial charge on any atom is -0.368 e. The van der Waals surface area contributed by atoms with Crippen LogP contribution in [0.25, 0.3) is 0 Å². The molecule has 0 spiro atoms. The van der Waals surface area contributed by atoms with E-state index in [1.807, 2.05) is 9.80 Å². The Labute approximate surface area is 204 Å². The number of nitrogens with zero attached hydrogens (tertiary/aromatic N) is 4. The molecule has 0 aromatic heterocycles. The second-order valence-corrected chi connectivity index (χ2v) is 9.87. The number of carbonyl (C=O) groups excluding carboxylic acids is 4. The molecule has 0 radical (unpaired) electrons. The van der Waals surface area contributed by atoms with E-state index in [2.05, 4.69) is 17.1 Å². The number of rotatable bonds is 4. The molecule has 188 valence electrons. The van der Waals surface area contributed by atoms with E-state index in [1.54, 1.807) is 0 Å². The van der Waals surface area contributed by atoms with Gasteiger partial charge in [-0.1, -0.05) is 6.92 Å². The average molecular weight is 486 g/mol. The summed E-state index contributed by atoms with van der Waals surface area (Å²) in [4.78, 5) is 57.8. The Morgan fingerprint density at radius 2 is 1.74 bits per heavy atom. The maximum Gasteiger partial charge on any atom is 0.255 e. The number of hydrogen-bond acceptors (Lipinski definition) is 6. The monoisotopic (exact) mass is 485 g/mol. The molecule has 1 aromatic carbocycles. The lowest BCUT2D eigenvalue weighted by atomic mass is 9.95. The lowest BCUT2D eigenvalue weighted by molar-refractivity contribution is -0.138. The molecule has 0 aliphatic carbocycles. The van der Waals surface area contributed by atoms with E-state index in [9.17, 15) is 23.6 Å². The molecule has 10 heteroatoms. The van der Waals surface area contributed by atoms with Gasteiger partial charge in [0.25, 0.3) is 5.91 Å². The summed E-state index contributed by atoms with van der Waals surface area (Å²) in [6, 6.07) is 1.94. The van der Waals surface area contributed by atoms with E-state index in [0.717, 1.165) is 32.5 Å². The van der Waals surface area contributed by atoms with Crippen LogP contribution in [0.4, 0.5) is 10.1 Å². The number of likely N-dealkylation sites (tertiary alicyclic amines) is 1. The van der Waals surface area contributed by atoms with Crippen LogP contribution in [0.3, 0.4) is 0 Å². The van der Waals surface area contributed by atoms with Gasteiger partial charge in [-0.05, 0) is 51.0 Å². The summed E-state index contributed by atoms with van der Waals surface area (Å²) in [5.74, 6) is -1.43. The molecule has 4 aliphatic rings. The summed E-state index contributed by atoms with van der Waals surface area (Å²) in [6.45, 7) is 7.50. The molecule has 35 heavy (non-hydrogen) atoms. The maximum atomic E-state index is 14.6. The molecule has 1 atom stereocenters. The van der Waals surface area contributed by atoms with Crippen LogP contribution in [0.2, 0.25) is 0 Å². The number of carbonyl (C=O) groups is 4. The summed E-state index contributed by atoms with van der Waals surface area (Å²) < 4.78 is 14.6. The van der Waals surface area contributed by atoms with Gasteiger partial charge in [0.2, 0.25) is 17.7 Å². The highest BCUT2D eigenvalue weighted by Crippen LogP contribution is 2.35. The molecule has 5 rings (SSSR count). The minimum atomic E-state index is -0.739. The first-order valence-corrected chi connectivity index (χ1v) is 12.6. The second-order valence-electron chi connectivity index (χ2n) is 9.87. The highest BCUT2D eigenvalue weighted by molar-refractivity contribution is 6.06. The lowest BCUT2D eigenvalue weighted by Gasteiger charge is -2.39. The molecule has 1 aromatic rings. The standard InChI is InChI=1S/C25H32FN5O4/c1-2-28-7-5-16(6-8-28)24(34)30-11-9-29(10-12-30)21-14-17(26)13-18-19(21)15-31(25(18)35)20-3-4-22(32)27-23(20)33/h13-14,16,20H,2-12,15H2,1H3,(H,27,32,33). The van der Waals surface area contributed by atoms with E-state index in [4.69, 9.17) is 0 Å². The van der Waals surface area contributed by atoms with Gasteiger partial charge in [0.1, 0.15) is 11.9 Å². The molecule has 9 nitrogen and oxygen atoms in total. The topological polar surface area (TPSA) is 93.3 Å². The van der Waals surface area contributed by atoms with Crippen molar-refractivity contribution in [2.45, 2.75) is 45.2 Å². The van der Waals surface area contributed by atoms with Gasteiger partial charge < -0.3 is 19.6 Å². The fourth-order valence-electron chi connectivity index (χ4n) is 5.81. The molecular weight excluding hydrogens is 453 g/mol. The summed E-state index contributed by atoms with van der Waals surface area (Å²) in [5, 5.41) is 2.29. The van der Waals surface area contributed by atoms with E-state index < -0.39 is 17.8 Å². The molecule has 1 N–H and O–H groups in total. The Hall–Kier alpha value is -3.01. The van der Waals surface area contributed by atoms with Gasteiger partial charge in [-0.3, -0.25) is 24.5 Å². The van der Waals surface area contributed by atoms with Gasteiger partial charge in [-0.2, -0.15) is 0 Å². The minimum absolute atomic E-state index is 0.0717. The van der Waals surface area contributed by atoms with Gasteiger partial charge in [0.05, 0.1) is 0 Å². The zero-order valence-electron chi connectivity index (χ0n) is 20.1. The normalized spacial score (nSPS) is 24.1. The lowest BCUT2D eigenvalue weighted by Crippen LogP contribution is -2.52. The van der Waals surface area contributed by atoms with Crippen LogP contribution >= 0.6 is 0 Å². The number of halogens is 1. The van der Waals surface area contributed by atoms with Crippen LogP contribution in [-0.4, -0.2) is 90.2 Å². The van der Waals surface area contributed by atoms with Gasteiger partial charge in [-0.15, -0.1) is 0 Å². The summed E-state index contributed by atoms with van der Waals surface area (Å²) in [7, 11) is 0. The van der Waals surface area contributed by atoms with E-state index >= 15 is 0 Å². The molecular formula is C25H32FN5O4. The van der Waals surface area contributed by atoms with Crippen molar-refractivity contribution in [2.24, 2.45) is 5.92 Å². The van der Waals surface area contributed by atoms with Crippen molar-refractivity contribution < 1.29 is 23.6 Å². The molecule has 4 aliphatic heterocycles. The zero-order chi connectivity index (χ0) is 24.7. The number of nitrogens with one attached hydrogen (secondary N) is 1. The van der Waals surface area contributed by atoms with Crippen molar-refractivity contribution in [1.29, 1.82) is 0 Å². The number of piperazine rings is 1. The number of piperidine rings is 2. The quantitative estimate of drug-likeness (QED) is 0.639. The molecule has 0 saturated carbocycles. The number of anilines is 1. The Morgan fingerprint density at radius 3 is 2.40 bits per heavy atom. The maximum absolute atomic E-state index is 14.6. The first-order chi connectivity index (χ1) is 16.9. The van der Waals surface area contributed by atoms with Crippen LogP contribution in [0, 0.1) is 11.7 Å². The van der Waals surface area contributed by atoms with E-state index in [-0.39, 0.29) is 48.6 Å². The molecule has 4 amide bonds. The van der Waals surface area contributed by atoms with Crippen LogP contribution in [0.15, 0.2) is 12.1 Å². The number of amides is 4. The largest absolute Gasteiger partial charge is 0.368 e. The van der Waals surface area contributed by atoms with Gasteiger partial charge in [0, 0.05) is 61.9 Å². The zero-order valence-corrected chi connectivity index (χ0v) is 20.1. The van der Waals surface area contributed by atoms with Crippen LogP contribution in [0.5, 0.6) is 0 Å². The summed E-state index contributed by atoms with van der Waals surface area (Å²) in [5.41, 5.74) is 1.62. The number of imide groups is 1. The third-order valence-corrected chi connectivity index (χ3v) is 7.91. The predicted molar refractivity (Wildman–Crippen MR) is 126 cm³/mol. The Bertz CT molecular complexity index is 1050. The van der Waals surface area contributed by atoms with Gasteiger partial charge in [-0.25, -0.2) is 4.39 Å². The Balaban J connectivity index is 1.27. The third kappa shape index (κ3) is 4.51. The Morgan fingerprint density at radius 1 is 1.03 bits per heavy atom. The predicted octanol–water partition coefficient (Wildman–Crippen LogP) is 0.967. The number of hydrogen-bond donors (Lipinski definition) is 1. The fraction of sp³-hybridized carbons (Fsp3) is 0.600. The fourth-order valence-corrected chi connectivity index (χ4v) is 5.81. The molecule has 4 heterocycles. The number of fused-ring (bicyclic) bond motifs is 1. The van der Waals surface area contributed by atoms with E-state index in [1.165, 1.54) is 17.0 Å². The Kier molecular flexibility index (Phi) is 6.48. The average Bonchev–Trinajstić information content (AvgIpc) is 3.19. The van der Waals surface area contributed by atoms with Crippen molar-refractivity contribution in [1.82, 2.24) is 20.0 Å². The summed E-state index contributed by atoms with van der Waals surface area (Å²) >= 11 is 0. The highest BCUT2D eigenvalue weighted by Gasteiger charge is 2.41. The van der Waals surface area contributed by atoms with Crippen LogP contribution in [0.1, 0.15) is 48.5 Å². The van der Waals surface area contributed by atoms with Crippen LogP contribution < -0.4 is 10.2 Å². The van der Waals surface area contributed by atoms with Crippen molar-refractivity contribution in [3.05, 3.63) is 29.1 Å². The first kappa shape index (κ1) is 23.7. The van der Waals surface area contributed by atoms with Crippen molar-refractivity contribution in [3.63, 3.8) is 0 Å². The highest BCUT2D eigenvalue weighted by atomic mass is 19.1. The molecule has 3 saturated heterocycles. The summed E-state index contributed by atoms with van der Waals surface area (Å²) in [6.07, 6.45) is 2.22. The van der Waals surface area contributed by atoms with Gasteiger partial charge in [0.15, 0.2) is 0 Å². The van der Waals surface area contributed by atoms with Crippen molar-refractivity contribution >= 4 is 29.3 Å². The van der Waals surface area contributed by atoms with E-state index in [0.29, 0.717) is 37.4 Å². The smallest absolute Gasteiger partial charge is 0.255 e. The second kappa shape index (κ2) is 9.56. The van der Waals surface area contributed by atoms with Crippen LogP contribution in [-0.2, 0) is 20.9 Å². The molecule has 0 bridgehead atoms. The first-order valence-electron chi connectivity index (χ1n) is 12.6. The molecule has 3 fully saturated rings.